The van der Waals surface area contributed by atoms with E-state index in [9.17, 15) is 0 Å². The third-order valence-corrected chi connectivity index (χ3v) is 4.82. The Bertz CT molecular complexity index is 315. The predicted octanol–water partition coefficient (Wildman–Crippen LogP) is 1.58. The van der Waals surface area contributed by atoms with Crippen LogP contribution in [0.15, 0.2) is 10.7 Å². The normalized spacial score (nSPS) is 23.3. The molecule has 2 rings (SSSR count). The van der Waals surface area contributed by atoms with Crippen LogP contribution in [-0.4, -0.2) is 20.8 Å². The molecule has 2 unspecified atom stereocenters. The molecule has 3 N–H and O–H groups in total. The Morgan fingerprint density at radius 1 is 1.80 bits per heavy atom. The van der Waals surface area contributed by atoms with Gasteiger partial charge in [0.15, 0.2) is 0 Å². The summed E-state index contributed by atoms with van der Waals surface area (Å²) < 4.78 is 2.91. The predicted molar refractivity (Wildman–Crippen MR) is 66.5 cm³/mol. The number of aromatic nitrogens is 2. The molecular formula is C9H15BrN4S. The summed E-state index contributed by atoms with van der Waals surface area (Å²) in [4.78, 5) is 0. The SMILES string of the molecule is Cn1ncc(Br)c1C(NN)C1CCCS1. The lowest BCUT2D eigenvalue weighted by atomic mass is 10.1. The molecule has 0 aromatic carbocycles. The number of nitrogens with zero attached hydrogens (tertiary/aromatic N) is 2. The highest BCUT2D eigenvalue weighted by Crippen LogP contribution is 2.37. The van der Waals surface area contributed by atoms with Crippen LogP contribution in [0.2, 0.25) is 0 Å². The molecule has 2 heterocycles. The standard InChI is InChI=1S/C9H15BrN4S/c1-14-9(6(10)5-12-14)8(13-11)7-3-2-4-15-7/h5,7-8,13H,2-4,11H2,1H3. The minimum atomic E-state index is 0.180. The molecule has 1 saturated heterocycles. The Balaban J connectivity index is 2.25. The van der Waals surface area contributed by atoms with Crippen LogP contribution in [0.1, 0.15) is 24.6 Å². The summed E-state index contributed by atoms with van der Waals surface area (Å²) in [6.45, 7) is 0. The maximum absolute atomic E-state index is 5.66. The van der Waals surface area contributed by atoms with Gasteiger partial charge in [0.2, 0.25) is 0 Å². The van der Waals surface area contributed by atoms with Crippen LogP contribution < -0.4 is 11.3 Å². The van der Waals surface area contributed by atoms with Gasteiger partial charge in [0.1, 0.15) is 0 Å². The first-order chi connectivity index (χ1) is 7.24. The van der Waals surface area contributed by atoms with Crippen LogP contribution in [0.5, 0.6) is 0 Å². The second-order valence-corrected chi connectivity index (χ2v) is 5.90. The maximum atomic E-state index is 5.66. The fraction of sp³-hybridized carbons (Fsp3) is 0.667. The van der Waals surface area contributed by atoms with Crippen LogP contribution in [0.4, 0.5) is 0 Å². The number of hydrogen-bond donors (Lipinski definition) is 2. The lowest BCUT2D eigenvalue weighted by molar-refractivity contribution is 0.483. The van der Waals surface area contributed by atoms with Crippen molar-refractivity contribution >= 4 is 27.7 Å². The molecule has 1 aromatic heterocycles. The third kappa shape index (κ3) is 2.22. The molecular weight excluding hydrogens is 276 g/mol. The summed E-state index contributed by atoms with van der Waals surface area (Å²) in [6, 6.07) is 0.180. The summed E-state index contributed by atoms with van der Waals surface area (Å²) in [6.07, 6.45) is 4.32. The molecule has 4 nitrogen and oxygen atoms in total. The minimum absolute atomic E-state index is 0.180. The van der Waals surface area contributed by atoms with Crippen molar-refractivity contribution in [1.82, 2.24) is 15.2 Å². The van der Waals surface area contributed by atoms with E-state index in [1.807, 2.05) is 29.7 Å². The van der Waals surface area contributed by atoms with Gasteiger partial charge < -0.3 is 0 Å². The van der Waals surface area contributed by atoms with Gasteiger partial charge in [-0.25, -0.2) is 0 Å². The van der Waals surface area contributed by atoms with Crippen molar-refractivity contribution in [3.8, 4) is 0 Å². The van der Waals surface area contributed by atoms with E-state index in [0.717, 1.165) is 10.2 Å². The number of thioether (sulfide) groups is 1. The van der Waals surface area contributed by atoms with Crippen LogP contribution in [0.3, 0.4) is 0 Å². The number of hydrogen-bond acceptors (Lipinski definition) is 4. The Labute approximate surface area is 102 Å². The van der Waals surface area contributed by atoms with Gasteiger partial charge >= 0.3 is 0 Å². The topological polar surface area (TPSA) is 55.9 Å². The summed E-state index contributed by atoms with van der Waals surface area (Å²) in [5.41, 5.74) is 4.05. The average molecular weight is 291 g/mol. The summed E-state index contributed by atoms with van der Waals surface area (Å²) in [5, 5.41) is 4.78. The lowest BCUT2D eigenvalue weighted by Gasteiger charge is -2.22. The Kier molecular flexibility index (Phi) is 3.71. The van der Waals surface area contributed by atoms with E-state index in [-0.39, 0.29) is 6.04 Å². The largest absolute Gasteiger partial charge is 0.271 e. The van der Waals surface area contributed by atoms with Crippen molar-refractivity contribution in [3.63, 3.8) is 0 Å². The molecule has 0 spiro atoms. The Morgan fingerprint density at radius 2 is 2.60 bits per heavy atom. The average Bonchev–Trinajstić information content (AvgIpc) is 2.83. The number of halogens is 1. The van der Waals surface area contributed by atoms with E-state index in [0.29, 0.717) is 5.25 Å². The van der Waals surface area contributed by atoms with Crippen LogP contribution >= 0.6 is 27.7 Å². The smallest absolute Gasteiger partial charge is 0.0758 e. The van der Waals surface area contributed by atoms with Crippen molar-refractivity contribution in [3.05, 3.63) is 16.4 Å². The van der Waals surface area contributed by atoms with Gasteiger partial charge in [-0.05, 0) is 34.5 Å². The van der Waals surface area contributed by atoms with Gasteiger partial charge in [-0.1, -0.05) is 0 Å². The zero-order valence-corrected chi connectivity index (χ0v) is 11.0. The van der Waals surface area contributed by atoms with Crippen LogP contribution in [-0.2, 0) is 7.05 Å². The molecule has 0 bridgehead atoms. The van der Waals surface area contributed by atoms with Gasteiger partial charge in [0.05, 0.1) is 22.4 Å². The molecule has 0 radical (unpaired) electrons. The molecule has 1 aliphatic rings. The molecule has 6 heteroatoms. The second-order valence-electron chi connectivity index (χ2n) is 3.70. The maximum Gasteiger partial charge on any atom is 0.0758 e. The first-order valence-electron chi connectivity index (χ1n) is 4.99. The highest BCUT2D eigenvalue weighted by atomic mass is 79.9. The monoisotopic (exact) mass is 290 g/mol. The zero-order chi connectivity index (χ0) is 10.8. The van der Waals surface area contributed by atoms with Crippen LogP contribution in [0.25, 0.3) is 0 Å². The quantitative estimate of drug-likeness (QED) is 0.656. The molecule has 2 atom stereocenters. The number of rotatable bonds is 3. The summed E-state index contributed by atoms with van der Waals surface area (Å²) in [7, 11) is 1.95. The zero-order valence-electron chi connectivity index (χ0n) is 8.61. The van der Waals surface area contributed by atoms with E-state index < -0.39 is 0 Å². The molecule has 0 aliphatic carbocycles. The fourth-order valence-electron chi connectivity index (χ4n) is 2.00. The van der Waals surface area contributed by atoms with Crippen LogP contribution in [0, 0.1) is 0 Å². The number of aryl methyl sites for hydroxylation is 1. The molecule has 0 amide bonds. The first-order valence-corrected chi connectivity index (χ1v) is 6.83. The highest BCUT2D eigenvalue weighted by Gasteiger charge is 2.29. The van der Waals surface area contributed by atoms with Gasteiger partial charge in [-0.15, -0.1) is 0 Å². The molecule has 1 fully saturated rings. The number of nitrogens with one attached hydrogen (secondary N) is 1. The third-order valence-electron chi connectivity index (χ3n) is 2.75. The molecule has 15 heavy (non-hydrogen) atoms. The lowest BCUT2D eigenvalue weighted by Crippen LogP contribution is -2.35. The van der Waals surface area contributed by atoms with Gasteiger partial charge in [0.25, 0.3) is 0 Å². The van der Waals surface area contributed by atoms with E-state index in [1.165, 1.54) is 18.6 Å². The Hall–Kier alpha value is -0.0400. The summed E-state index contributed by atoms with van der Waals surface area (Å²) in [5.74, 6) is 6.89. The van der Waals surface area contributed by atoms with Crippen molar-refractivity contribution in [2.75, 3.05) is 5.75 Å². The summed E-state index contributed by atoms with van der Waals surface area (Å²) >= 11 is 5.50. The first kappa shape index (κ1) is 11.4. The fourth-order valence-corrected chi connectivity index (χ4v) is 3.96. The molecule has 1 aliphatic heterocycles. The Morgan fingerprint density at radius 3 is 3.07 bits per heavy atom. The van der Waals surface area contributed by atoms with E-state index in [1.54, 1.807) is 0 Å². The number of nitrogens with two attached hydrogens (primary N) is 1. The van der Waals surface area contributed by atoms with Crippen molar-refractivity contribution < 1.29 is 0 Å². The molecule has 0 saturated carbocycles. The van der Waals surface area contributed by atoms with Gasteiger partial charge in [0, 0.05) is 12.3 Å². The van der Waals surface area contributed by atoms with E-state index in [2.05, 4.69) is 26.5 Å². The van der Waals surface area contributed by atoms with Gasteiger partial charge in [-0.2, -0.15) is 16.9 Å². The number of hydrazine groups is 1. The van der Waals surface area contributed by atoms with E-state index >= 15 is 0 Å². The molecule has 1 aromatic rings. The van der Waals surface area contributed by atoms with Crippen molar-refractivity contribution in [2.45, 2.75) is 24.1 Å². The van der Waals surface area contributed by atoms with Crippen molar-refractivity contribution in [1.29, 1.82) is 0 Å². The molecule has 84 valence electrons. The van der Waals surface area contributed by atoms with Crippen molar-refractivity contribution in [2.24, 2.45) is 12.9 Å². The van der Waals surface area contributed by atoms with Gasteiger partial charge in [-0.3, -0.25) is 16.0 Å². The van der Waals surface area contributed by atoms with E-state index in [4.69, 9.17) is 5.84 Å². The second kappa shape index (κ2) is 4.86. The minimum Gasteiger partial charge on any atom is -0.271 e. The highest BCUT2D eigenvalue weighted by molar-refractivity contribution is 9.10.